The Morgan fingerprint density at radius 1 is 1.17 bits per heavy atom. The number of nitrogens with zero attached hydrogens (tertiary/aromatic N) is 5. The van der Waals surface area contributed by atoms with Crippen molar-refractivity contribution < 1.29 is 0 Å². The first kappa shape index (κ1) is 17.9. The van der Waals surface area contributed by atoms with E-state index in [1.54, 1.807) is 6.20 Å². The van der Waals surface area contributed by atoms with Crippen molar-refractivity contribution >= 4 is 39.2 Å². The summed E-state index contributed by atoms with van der Waals surface area (Å²) in [4.78, 5) is 11.2. The molecular formula is C21H20BrN7. The quantitative estimate of drug-likeness (QED) is 0.426. The Labute approximate surface area is 176 Å². The van der Waals surface area contributed by atoms with Crippen LogP contribution in [0.4, 0.5) is 23.3 Å². The first-order chi connectivity index (χ1) is 14.2. The number of benzene rings is 1. The number of para-hydroxylation sites is 2. The third-order valence-corrected chi connectivity index (χ3v) is 5.60. The average Bonchev–Trinajstić information content (AvgIpc) is 3.25. The molecule has 1 fully saturated rings. The summed E-state index contributed by atoms with van der Waals surface area (Å²) in [6.07, 6.45) is 8.27. The van der Waals surface area contributed by atoms with Gasteiger partial charge in [-0.2, -0.15) is 10.1 Å². The van der Waals surface area contributed by atoms with Gasteiger partial charge in [0.15, 0.2) is 11.6 Å². The summed E-state index contributed by atoms with van der Waals surface area (Å²) in [5, 5.41) is 10.8. The van der Waals surface area contributed by atoms with Gasteiger partial charge in [0.1, 0.15) is 0 Å². The van der Waals surface area contributed by atoms with Crippen LogP contribution < -0.4 is 10.2 Å². The van der Waals surface area contributed by atoms with E-state index in [4.69, 9.17) is 4.98 Å². The standard InChI is InChI=1S/C21H20BrN7/c1-28(17-6-2-3-7-18(17)29-10-4-5-11-29)21-23-13-15(22)20(25-21)24-19-12-16(26-27-19)14-8-9-14/h2-7,10-14H,8-9H2,1H3,(H2,23,24,25,26,27). The van der Waals surface area contributed by atoms with Crippen molar-refractivity contribution in [1.82, 2.24) is 24.7 Å². The Bertz CT molecular complexity index is 1130. The molecule has 0 unspecified atom stereocenters. The highest BCUT2D eigenvalue weighted by Gasteiger charge is 2.25. The lowest BCUT2D eigenvalue weighted by atomic mass is 10.2. The molecule has 2 N–H and O–H groups in total. The second-order valence-corrected chi connectivity index (χ2v) is 7.97. The van der Waals surface area contributed by atoms with Gasteiger partial charge in [0, 0.05) is 43.3 Å². The minimum absolute atomic E-state index is 0.591. The molecule has 29 heavy (non-hydrogen) atoms. The van der Waals surface area contributed by atoms with E-state index in [1.807, 2.05) is 48.6 Å². The summed E-state index contributed by atoms with van der Waals surface area (Å²) in [7, 11) is 1.97. The van der Waals surface area contributed by atoms with Gasteiger partial charge in [-0.15, -0.1) is 0 Å². The molecule has 0 amide bonds. The Morgan fingerprint density at radius 2 is 1.97 bits per heavy atom. The number of nitrogens with one attached hydrogen (secondary N) is 2. The van der Waals surface area contributed by atoms with Crippen molar-refractivity contribution in [1.29, 1.82) is 0 Å². The summed E-state index contributed by atoms with van der Waals surface area (Å²) < 4.78 is 2.86. The molecule has 5 rings (SSSR count). The molecule has 1 aliphatic rings. The molecule has 0 radical (unpaired) electrons. The molecule has 0 spiro atoms. The highest BCUT2D eigenvalue weighted by molar-refractivity contribution is 9.10. The molecule has 0 bridgehead atoms. The minimum Gasteiger partial charge on any atom is -0.322 e. The fourth-order valence-corrected chi connectivity index (χ4v) is 3.59. The number of H-pyrrole nitrogens is 1. The second-order valence-electron chi connectivity index (χ2n) is 7.11. The van der Waals surface area contributed by atoms with Crippen molar-refractivity contribution in [3.63, 3.8) is 0 Å². The van der Waals surface area contributed by atoms with Crippen LogP contribution in [0.2, 0.25) is 0 Å². The minimum atomic E-state index is 0.591. The van der Waals surface area contributed by atoms with Crippen LogP contribution in [-0.2, 0) is 0 Å². The molecule has 7 nitrogen and oxygen atoms in total. The van der Waals surface area contributed by atoms with Gasteiger partial charge in [-0.3, -0.25) is 5.10 Å². The third kappa shape index (κ3) is 3.63. The maximum absolute atomic E-state index is 4.73. The molecule has 0 atom stereocenters. The SMILES string of the molecule is CN(c1ncc(Br)c(Nc2cc(C3CC3)[nH]n2)n1)c1ccccc1-n1cccc1. The summed E-state index contributed by atoms with van der Waals surface area (Å²) in [5.74, 6) is 2.65. The van der Waals surface area contributed by atoms with E-state index in [2.05, 4.69) is 59.2 Å². The Kier molecular flexibility index (Phi) is 4.55. The van der Waals surface area contributed by atoms with E-state index >= 15 is 0 Å². The zero-order valence-electron chi connectivity index (χ0n) is 15.9. The molecule has 4 aromatic rings. The number of hydrogen-bond donors (Lipinski definition) is 2. The van der Waals surface area contributed by atoms with Crippen LogP contribution in [0.25, 0.3) is 5.69 Å². The fraction of sp³-hybridized carbons (Fsp3) is 0.190. The monoisotopic (exact) mass is 449 g/mol. The number of aromatic amines is 1. The predicted octanol–water partition coefficient (Wildman–Crippen LogP) is 5.14. The van der Waals surface area contributed by atoms with Gasteiger partial charge in [0.05, 0.1) is 15.8 Å². The highest BCUT2D eigenvalue weighted by atomic mass is 79.9. The van der Waals surface area contributed by atoms with Crippen LogP contribution in [0.3, 0.4) is 0 Å². The normalized spacial score (nSPS) is 13.4. The molecule has 1 saturated carbocycles. The van der Waals surface area contributed by atoms with E-state index in [1.165, 1.54) is 18.5 Å². The van der Waals surface area contributed by atoms with E-state index in [0.717, 1.165) is 21.7 Å². The van der Waals surface area contributed by atoms with E-state index in [0.29, 0.717) is 17.7 Å². The Balaban J connectivity index is 1.45. The second kappa shape index (κ2) is 7.36. The molecule has 0 saturated heterocycles. The van der Waals surface area contributed by atoms with Crippen molar-refractivity contribution in [2.45, 2.75) is 18.8 Å². The molecule has 8 heteroatoms. The lowest BCUT2D eigenvalue weighted by Gasteiger charge is -2.21. The lowest BCUT2D eigenvalue weighted by Crippen LogP contribution is -2.16. The predicted molar refractivity (Wildman–Crippen MR) is 117 cm³/mol. The fourth-order valence-electron chi connectivity index (χ4n) is 3.30. The molecule has 0 aliphatic heterocycles. The topological polar surface area (TPSA) is 74.7 Å². The van der Waals surface area contributed by atoms with Crippen LogP contribution in [0.5, 0.6) is 0 Å². The van der Waals surface area contributed by atoms with Crippen LogP contribution in [0.15, 0.2) is 65.5 Å². The third-order valence-electron chi connectivity index (χ3n) is 5.02. The molecule has 3 aromatic heterocycles. The van der Waals surface area contributed by atoms with E-state index < -0.39 is 0 Å². The average molecular weight is 450 g/mol. The van der Waals surface area contributed by atoms with Crippen molar-refractivity contribution in [2.75, 3.05) is 17.3 Å². The van der Waals surface area contributed by atoms with Crippen LogP contribution in [0.1, 0.15) is 24.5 Å². The number of rotatable bonds is 6. The number of anilines is 4. The first-order valence-electron chi connectivity index (χ1n) is 9.50. The molecule has 1 aliphatic carbocycles. The molecule has 3 heterocycles. The van der Waals surface area contributed by atoms with E-state index in [-0.39, 0.29) is 0 Å². The van der Waals surface area contributed by atoms with Crippen molar-refractivity contribution in [2.24, 2.45) is 0 Å². The van der Waals surface area contributed by atoms with Gasteiger partial charge in [-0.1, -0.05) is 12.1 Å². The summed E-state index contributed by atoms with van der Waals surface area (Å²) >= 11 is 3.54. The lowest BCUT2D eigenvalue weighted by molar-refractivity contribution is 0.965. The summed E-state index contributed by atoms with van der Waals surface area (Å²) in [5.41, 5.74) is 3.24. The van der Waals surface area contributed by atoms with Crippen molar-refractivity contribution in [3.8, 4) is 5.69 Å². The largest absolute Gasteiger partial charge is 0.322 e. The molecule has 1 aromatic carbocycles. The molecule has 146 valence electrons. The van der Waals surface area contributed by atoms with Crippen molar-refractivity contribution in [3.05, 3.63) is 71.2 Å². The Morgan fingerprint density at radius 3 is 2.76 bits per heavy atom. The number of hydrogen-bond acceptors (Lipinski definition) is 5. The maximum atomic E-state index is 4.73. The van der Waals surface area contributed by atoms with Crippen LogP contribution in [-0.4, -0.2) is 31.8 Å². The van der Waals surface area contributed by atoms with Gasteiger partial charge < -0.3 is 14.8 Å². The zero-order chi connectivity index (χ0) is 19.8. The van der Waals surface area contributed by atoms with Crippen LogP contribution in [0, 0.1) is 0 Å². The molecular weight excluding hydrogens is 430 g/mol. The number of aromatic nitrogens is 5. The van der Waals surface area contributed by atoms with Gasteiger partial charge in [0.2, 0.25) is 5.95 Å². The van der Waals surface area contributed by atoms with Gasteiger partial charge in [-0.05, 0) is 53.0 Å². The maximum Gasteiger partial charge on any atom is 0.231 e. The van der Waals surface area contributed by atoms with Crippen LogP contribution >= 0.6 is 15.9 Å². The van der Waals surface area contributed by atoms with Gasteiger partial charge >= 0.3 is 0 Å². The van der Waals surface area contributed by atoms with E-state index in [9.17, 15) is 0 Å². The highest BCUT2D eigenvalue weighted by Crippen LogP contribution is 2.40. The van der Waals surface area contributed by atoms with Gasteiger partial charge in [0.25, 0.3) is 0 Å². The smallest absolute Gasteiger partial charge is 0.231 e. The zero-order valence-corrected chi connectivity index (χ0v) is 17.5. The Hall–Kier alpha value is -3.13. The number of halogens is 1. The first-order valence-corrected chi connectivity index (χ1v) is 10.3. The summed E-state index contributed by atoms with van der Waals surface area (Å²) in [6.45, 7) is 0. The van der Waals surface area contributed by atoms with Gasteiger partial charge in [-0.25, -0.2) is 4.98 Å². The summed E-state index contributed by atoms with van der Waals surface area (Å²) in [6, 6.07) is 14.2.